The highest BCUT2D eigenvalue weighted by atomic mass is 16.6. The zero-order chi connectivity index (χ0) is 13.7. The van der Waals surface area contributed by atoms with Crippen LogP contribution in [-0.4, -0.2) is 34.3 Å². The number of nitrogens with zero attached hydrogens (tertiary/aromatic N) is 2. The van der Waals surface area contributed by atoms with Crippen molar-refractivity contribution in [2.24, 2.45) is 0 Å². The molecule has 0 heterocycles. The van der Waals surface area contributed by atoms with E-state index in [1.807, 2.05) is 0 Å². The Kier molecular flexibility index (Phi) is 4.61. The Morgan fingerprint density at radius 1 is 1.50 bits per heavy atom. The first-order valence-electron chi connectivity index (χ1n) is 5.23. The summed E-state index contributed by atoms with van der Waals surface area (Å²) >= 11 is 0. The lowest BCUT2D eigenvalue weighted by molar-refractivity contribution is -0.384. The monoisotopic (exact) mass is 254 g/mol. The van der Waals surface area contributed by atoms with Crippen molar-refractivity contribution in [1.29, 1.82) is 0 Å². The van der Waals surface area contributed by atoms with Crippen LogP contribution in [0.25, 0.3) is 0 Å². The third-order valence-corrected chi connectivity index (χ3v) is 2.36. The van der Waals surface area contributed by atoms with Gasteiger partial charge in [-0.05, 0) is 24.6 Å². The number of nitro benzene ring substituents is 1. The fourth-order valence-electron chi connectivity index (χ4n) is 1.11. The molecule has 1 aromatic rings. The van der Waals surface area contributed by atoms with Gasteiger partial charge in [0.1, 0.15) is 12.8 Å². The zero-order valence-electron chi connectivity index (χ0n) is 10.1. The number of aliphatic hydroxyl groups excluding tert-OH is 1. The van der Waals surface area contributed by atoms with Gasteiger partial charge in [-0.25, -0.2) is 4.79 Å². The Morgan fingerprint density at radius 2 is 2.06 bits per heavy atom. The number of amides is 1. The van der Waals surface area contributed by atoms with Crippen molar-refractivity contribution in [3.8, 4) is 0 Å². The number of benzene rings is 1. The second-order valence-electron chi connectivity index (χ2n) is 3.72. The van der Waals surface area contributed by atoms with Crippen molar-refractivity contribution in [1.82, 2.24) is 4.90 Å². The van der Waals surface area contributed by atoms with E-state index in [4.69, 9.17) is 9.84 Å². The quantitative estimate of drug-likeness (QED) is 0.499. The van der Waals surface area contributed by atoms with E-state index in [0.717, 1.165) is 4.90 Å². The minimum atomic E-state index is -0.936. The molecule has 1 aromatic carbocycles. The fraction of sp³-hybridized carbons (Fsp3) is 0.364. The van der Waals surface area contributed by atoms with Crippen LogP contribution in [0.4, 0.5) is 10.5 Å². The maximum atomic E-state index is 11.4. The highest BCUT2D eigenvalue weighted by Crippen LogP contribution is 2.12. The number of hydrogen-bond donors (Lipinski definition) is 1. The number of ether oxygens (including phenoxy) is 1. The molecule has 0 aliphatic rings. The van der Waals surface area contributed by atoms with Crippen molar-refractivity contribution >= 4 is 11.8 Å². The standard InChI is InChI=1S/C11H14N2O5/c1-8(14)12(2)11(15)18-7-9-3-5-10(6-4-9)13(16)17/h3-6,8,14H,7H2,1-2H3. The van der Waals surface area contributed by atoms with Gasteiger partial charge in [-0.1, -0.05) is 0 Å². The van der Waals surface area contributed by atoms with Gasteiger partial charge >= 0.3 is 6.09 Å². The zero-order valence-corrected chi connectivity index (χ0v) is 10.1. The van der Waals surface area contributed by atoms with Gasteiger partial charge in [0, 0.05) is 19.2 Å². The molecule has 1 N–H and O–H groups in total. The second kappa shape index (κ2) is 5.97. The van der Waals surface area contributed by atoms with Crippen LogP contribution in [0.5, 0.6) is 0 Å². The van der Waals surface area contributed by atoms with E-state index in [9.17, 15) is 14.9 Å². The van der Waals surface area contributed by atoms with E-state index < -0.39 is 17.2 Å². The van der Waals surface area contributed by atoms with Crippen LogP contribution in [-0.2, 0) is 11.3 Å². The van der Waals surface area contributed by atoms with Gasteiger partial charge in [-0.3, -0.25) is 15.0 Å². The van der Waals surface area contributed by atoms with E-state index >= 15 is 0 Å². The first kappa shape index (κ1) is 13.9. The van der Waals surface area contributed by atoms with Crippen molar-refractivity contribution in [3.05, 3.63) is 39.9 Å². The summed E-state index contributed by atoms with van der Waals surface area (Å²) in [5, 5.41) is 19.6. The van der Waals surface area contributed by atoms with E-state index in [1.54, 1.807) is 0 Å². The first-order chi connectivity index (χ1) is 8.41. The third-order valence-electron chi connectivity index (χ3n) is 2.36. The maximum Gasteiger partial charge on any atom is 0.411 e. The molecule has 0 saturated carbocycles. The van der Waals surface area contributed by atoms with E-state index in [2.05, 4.69) is 0 Å². The van der Waals surface area contributed by atoms with Gasteiger partial charge in [-0.2, -0.15) is 0 Å². The van der Waals surface area contributed by atoms with Crippen molar-refractivity contribution < 1.29 is 19.6 Å². The Balaban J connectivity index is 2.54. The lowest BCUT2D eigenvalue weighted by Gasteiger charge is -2.19. The molecule has 0 fully saturated rings. The van der Waals surface area contributed by atoms with Gasteiger partial charge in [0.25, 0.3) is 5.69 Å². The Hall–Kier alpha value is -2.15. The number of aliphatic hydroxyl groups is 1. The van der Waals surface area contributed by atoms with Crippen molar-refractivity contribution in [2.45, 2.75) is 19.8 Å². The Bertz CT molecular complexity index is 430. The first-order valence-corrected chi connectivity index (χ1v) is 5.23. The lowest BCUT2D eigenvalue weighted by Crippen LogP contribution is -2.35. The molecule has 7 heteroatoms. The summed E-state index contributed by atoms with van der Waals surface area (Å²) in [4.78, 5) is 22.3. The summed E-state index contributed by atoms with van der Waals surface area (Å²) in [6.07, 6.45) is -1.60. The molecule has 18 heavy (non-hydrogen) atoms. The van der Waals surface area contributed by atoms with Gasteiger partial charge in [-0.15, -0.1) is 0 Å². The summed E-state index contributed by atoms with van der Waals surface area (Å²) in [5.41, 5.74) is 0.610. The molecule has 98 valence electrons. The van der Waals surface area contributed by atoms with E-state index in [1.165, 1.54) is 38.2 Å². The number of rotatable bonds is 4. The van der Waals surface area contributed by atoms with Crippen LogP contribution < -0.4 is 0 Å². The molecule has 1 amide bonds. The van der Waals surface area contributed by atoms with Crippen LogP contribution in [0.15, 0.2) is 24.3 Å². The molecule has 0 aromatic heterocycles. The highest BCUT2D eigenvalue weighted by molar-refractivity contribution is 5.67. The largest absolute Gasteiger partial charge is 0.444 e. The van der Waals surface area contributed by atoms with Gasteiger partial charge < -0.3 is 9.84 Å². The average Bonchev–Trinajstić information content (AvgIpc) is 2.35. The summed E-state index contributed by atoms with van der Waals surface area (Å²) in [7, 11) is 1.41. The molecule has 0 aliphatic carbocycles. The molecule has 1 unspecified atom stereocenters. The molecule has 0 saturated heterocycles. The fourth-order valence-corrected chi connectivity index (χ4v) is 1.11. The van der Waals surface area contributed by atoms with E-state index in [-0.39, 0.29) is 12.3 Å². The molecular weight excluding hydrogens is 240 g/mol. The molecule has 0 spiro atoms. The van der Waals surface area contributed by atoms with Crippen molar-refractivity contribution in [2.75, 3.05) is 7.05 Å². The summed E-state index contributed by atoms with van der Waals surface area (Å²) in [6, 6.07) is 5.69. The topological polar surface area (TPSA) is 92.9 Å². The smallest absolute Gasteiger partial charge is 0.411 e. The van der Waals surface area contributed by atoms with Crippen LogP contribution in [0.3, 0.4) is 0 Å². The number of carbonyl (C=O) groups is 1. The normalized spacial score (nSPS) is 11.7. The van der Waals surface area contributed by atoms with Crippen LogP contribution in [0.1, 0.15) is 12.5 Å². The van der Waals surface area contributed by atoms with Gasteiger partial charge in [0.15, 0.2) is 0 Å². The molecule has 0 aliphatic heterocycles. The number of non-ortho nitro benzene ring substituents is 1. The minimum absolute atomic E-state index is 0.00606. The average molecular weight is 254 g/mol. The second-order valence-corrected chi connectivity index (χ2v) is 3.72. The highest BCUT2D eigenvalue weighted by Gasteiger charge is 2.14. The van der Waals surface area contributed by atoms with Gasteiger partial charge in [0.05, 0.1) is 4.92 Å². The van der Waals surface area contributed by atoms with Gasteiger partial charge in [0.2, 0.25) is 0 Å². The maximum absolute atomic E-state index is 11.4. The number of hydrogen-bond acceptors (Lipinski definition) is 5. The van der Waals surface area contributed by atoms with Crippen molar-refractivity contribution in [3.63, 3.8) is 0 Å². The summed E-state index contributed by atoms with van der Waals surface area (Å²) in [5.74, 6) is 0. The minimum Gasteiger partial charge on any atom is -0.444 e. The number of nitro groups is 1. The molecule has 0 bridgehead atoms. The molecule has 0 radical (unpaired) electrons. The Morgan fingerprint density at radius 3 is 2.50 bits per heavy atom. The molecule has 1 atom stereocenters. The predicted molar refractivity (Wildman–Crippen MR) is 62.7 cm³/mol. The van der Waals surface area contributed by atoms with Crippen LogP contribution >= 0.6 is 0 Å². The van der Waals surface area contributed by atoms with Crippen LogP contribution in [0, 0.1) is 10.1 Å². The SMILES string of the molecule is CC(O)N(C)C(=O)OCc1ccc([N+](=O)[O-])cc1. The summed E-state index contributed by atoms with van der Waals surface area (Å²) < 4.78 is 4.91. The predicted octanol–water partition coefficient (Wildman–Crippen LogP) is 1.50. The third kappa shape index (κ3) is 3.70. The Labute approximate surface area is 104 Å². The number of carbonyl (C=O) groups excluding carboxylic acids is 1. The molecule has 7 nitrogen and oxygen atoms in total. The molecular formula is C11H14N2O5. The van der Waals surface area contributed by atoms with Crippen LogP contribution in [0.2, 0.25) is 0 Å². The van der Waals surface area contributed by atoms with E-state index in [0.29, 0.717) is 5.56 Å². The lowest BCUT2D eigenvalue weighted by atomic mass is 10.2. The molecule has 1 rings (SSSR count). The summed E-state index contributed by atoms with van der Waals surface area (Å²) in [6.45, 7) is 1.43.